The van der Waals surface area contributed by atoms with Gasteiger partial charge in [-0.05, 0) is 18.8 Å². The smallest absolute Gasteiger partial charge is 0.0971 e. The van der Waals surface area contributed by atoms with E-state index in [1.54, 1.807) is 0 Å². The van der Waals surface area contributed by atoms with Crippen LogP contribution in [0.25, 0.3) is 0 Å². The number of hydrogen-bond donors (Lipinski definition) is 3. The second-order valence-electron chi connectivity index (χ2n) is 2.99. The third-order valence-corrected chi connectivity index (χ3v) is 2.42. The second kappa shape index (κ2) is 1.94. The molecule has 0 bridgehead atoms. The molecule has 3 nitrogen and oxygen atoms in total. The summed E-state index contributed by atoms with van der Waals surface area (Å²) in [5.74, 6) is 0.842. The highest BCUT2D eigenvalue weighted by molar-refractivity contribution is 5.00. The highest BCUT2D eigenvalue weighted by Gasteiger charge is 2.43. The van der Waals surface area contributed by atoms with Gasteiger partial charge in [0.2, 0.25) is 0 Å². The summed E-state index contributed by atoms with van der Waals surface area (Å²) in [4.78, 5) is 0. The lowest BCUT2D eigenvalue weighted by Gasteiger charge is -2.24. The van der Waals surface area contributed by atoms with Crippen molar-refractivity contribution in [2.24, 2.45) is 5.92 Å². The van der Waals surface area contributed by atoms with Gasteiger partial charge >= 0.3 is 0 Å². The fraction of sp³-hybridized carbons (Fsp3) is 1.00. The van der Waals surface area contributed by atoms with Crippen LogP contribution in [0.5, 0.6) is 0 Å². The summed E-state index contributed by atoms with van der Waals surface area (Å²) in [5.41, 5.74) is 2.23. The molecule has 1 heterocycles. The summed E-state index contributed by atoms with van der Waals surface area (Å²) >= 11 is 0. The van der Waals surface area contributed by atoms with Crippen molar-refractivity contribution in [1.82, 2.24) is 10.8 Å². The summed E-state index contributed by atoms with van der Waals surface area (Å²) in [7, 11) is 0. The van der Waals surface area contributed by atoms with Gasteiger partial charge in [0.05, 0.1) is 6.17 Å². The maximum absolute atomic E-state index is 8.43. The Kier molecular flexibility index (Phi) is 1.22. The van der Waals surface area contributed by atoms with E-state index in [1.807, 2.05) is 0 Å². The van der Waals surface area contributed by atoms with Crippen molar-refractivity contribution in [2.45, 2.75) is 31.5 Å². The first kappa shape index (κ1) is 5.65. The van der Waals surface area contributed by atoms with Gasteiger partial charge in [-0.1, -0.05) is 6.42 Å². The molecule has 52 valence electrons. The quantitative estimate of drug-likeness (QED) is 0.364. The van der Waals surface area contributed by atoms with Gasteiger partial charge in [0.1, 0.15) is 0 Å². The molecule has 2 fully saturated rings. The molecule has 2 rings (SSSR count). The topological polar surface area (TPSA) is 54.2 Å². The molecule has 0 unspecified atom stereocenters. The Balaban J connectivity index is 1.76. The van der Waals surface area contributed by atoms with Gasteiger partial charge in [-0.3, -0.25) is 5.32 Å². The minimum absolute atomic E-state index is 0.204. The highest BCUT2D eigenvalue weighted by Crippen LogP contribution is 2.35. The minimum Gasteiger partial charge on any atom is -0.315 e. The Labute approximate surface area is 54.4 Å². The SMILES string of the molecule is ON[C@H]1N[C@H]1C1CCC1. The highest BCUT2D eigenvalue weighted by atomic mass is 16.5. The van der Waals surface area contributed by atoms with Gasteiger partial charge in [-0.2, -0.15) is 5.48 Å². The van der Waals surface area contributed by atoms with Crippen LogP contribution in [-0.2, 0) is 0 Å². The molecule has 3 N–H and O–H groups in total. The third-order valence-electron chi connectivity index (χ3n) is 2.42. The van der Waals surface area contributed by atoms with E-state index in [1.165, 1.54) is 19.3 Å². The van der Waals surface area contributed by atoms with Crippen molar-refractivity contribution in [3.8, 4) is 0 Å². The fourth-order valence-corrected chi connectivity index (χ4v) is 1.48. The maximum atomic E-state index is 8.43. The standard InChI is InChI=1S/C6H12N2O/c9-8-6-5(7-6)4-2-1-3-4/h4-9H,1-3H2/t5-,6+/m0/s1. The van der Waals surface area contributed by atoms with Crippen LogP contribution in [0.2, 0.25) is 0 Å². The Hall–Kier alpha value is -0.120. The lowest BCUT2D eigenvalue weighted by atomic mass is 9.82. The van der Waals surface area contributed by atoms with E-state index >= 15 is 0 Å². The van der Waals surface area contributed by atoms with Crippen LogP contribution < -0.4 is 10.8 Å². The number of hydrogen-bond acceptors (Lipinski definition) is 3. The summed E-state index contributed by atoms with van der Waals surface area (Å²) in [6.45, 7) is 0. The zero-order valence-corrected chi connectivity index (χ0v) is 5.30. The molecule has 2 atom stereocenters. The molecule has 0 aromatic rings. The minimum atomic E-state index is 0.204. The monoisotopic (exact) mass is 128 g/mol. The summed E-state index contributed by atoms with van der Waals surface area (Å²) < 4.78 is 0. The van der Waals surface area contributed by atoms with Gasteiger partial charge in [0, 0.05) is 6.04 Å². The first-order valence-electron chi connectivity index (χ1n) is 3.57. The first-order valence-corrected chi connectivity index (χ1v) is 3.57. The largest absolute Gasteiger partial charge is 0.315 e. The first-order chi connectivity index (χ1) is 4.42. The summed E-state index contributed by atoms with van der Waals surface area (Å²) in [6, 6.07) is 0.573. The summed E-state index contributed by atoms with van der Waals surface area (Å²) in [6.07, 6.45) is 4.27. The van der Waals surface area contributed by atoms with Gasteiger partial charge in [0.15, 0.2) is 0 Å². The van der Waals surface area contributed by atoms with Crippen LogP contribution in [0, 0.1) is 5.92 Å². The molecule has 1 aliphatic carbocycles. The Morgan fingerprint density at radius 1 is 1.44 bits per heavy atom. The van der Waals surface area contributed by atoms with E-state index in [9.17, 15) is 0 Å². The molecule has 0 radical (unpaired) electrons. The van der Waals surface area contributed by atoms with Crippen molar-refractivity contribution in [2.75, 3.05) is 0 Å². The molecule has 1 aliphatic heterocycles. The van der Waals surface area contributed by atoms with Crippen LogP contribution >= 0.6 is 0 Å². The Morgan fingerprint density at radius 3 is 2.56 bits per heavy atom. The van der Waals surface area contributed by atoms with Crippen molar-refractivity contribution in [1.29, 1.82) is 0 Å². The molecule has 2 aliphatic rings. The predicted molar refractivity (Wildman–Crippen MR) is 33.0 cm³/mol. The summed E-state index contributed by atoms with van der Waals surface area (Å²) in [5, 5.41) is 11.6. The van der Waals surface area contributed by atoms with Crippen molar-refractivity contribution < 1.29 is 5.21 Å². The van der Waals surface area contributed by atoms with Crippen LogP contribution in [0.3, 0.4) is 0 Å². The molecule has 0 amide bonds. The van der Waals surface area contributed by atoms with Crippen LogP contribution in [0.15, 0.2) is 0 Å². The van der Waals surface area contributed by atoms with Gasteiger partial charge in [-0.15, -0.1) is 0 Å². The van der Waals surface area contributed by atoms with E-state index in [0.29, 0.717) is 6.04 Å². The molecule has 1 saturated heterocycles. The molecule has 0 aromatic carbocycles. The van der Waals surface area contributed by atoms with Gasteiger partial charge in [-0.25, -0.2) is 0 Å². The molecule has 1 saturated carbocycles. The fourth-order valence-electron chi connectivity index (χ4n) is 1.48. The second-order valence-corrected chi connectivity index (χ2v) is 2.99. The van der Waals surface area contributed by atoms with E-state index in [-0.39, 0.29) is 6.17 Å². The van der Waals surface area contributed by atoms with Crippen LogP contribution in [0.4, 0.5) is 0 Å². The number of rotatable bonds is 2. The molecular weight excluding hydrogens is 116 g/mol. The van der Waals surface area contributed by atoms with Gasteiger partial charge < -0.3 is 5.21 Å². The van der Waals surface area contributed by atoms with Crippen LogP contribution in [0.1, 0.15) is 19.3 Å². The predicted octanol–water partition coefficient (Wildman–Crippen LogP) is 0.0632. The zero-order valence-electron chi connectivity index (χ0n) is 5.30. The van der Waals surface area contributed by atoms with E-state index in [4.69, 9.17) is 5.21 Å². The molecule has 0 spiro atoms. The molecule has 0 aromatic heterocycles. The molecule has 3 heteroatoms. The maximum Gasteiger partial charge on any atom is 0.0971 e. The van der Waals surface area contributed by atoms with Crippen LogP contribution in [-0.4, -0.2) is 17.4 Å². The Morgan fingerprint density at radius 2 is 2.22 bits per heavy atom. The average molecular weight is 128 g/mol. The van der Waals surface area contributed by atoms with Gasteiger partial charge in [0.25, 0.3) is 0 Å². The number of hydroxylamine groups is 1. The molecular formula is C6H12N2O. The number of nitrogens with one attached hydrogen (secondary N) is 2. The van der Waals surface area contributed by atoms with Crippen molar-refractivity contribution in [3.05, 3.63) is 0 Å². The van der Waals surface area contributed by atoms with Crippen molar-refractivity contribution in [3.63, 3.8) is 0 Å². The van der Waals surface area contributed by atoms with Crippen molar-refractivity contribution >= 4 is 0 Å². The lowest BCUT2D eigenvalue weighted by Crippen LogP contribution is -2.23. The normalized spacial score (nSPS) is 42.3. The van der Waals surface area contributed by atoms with E-state index < -0.39 is 0 Å². The third kappa shape index (κ3) is 0.852. The van der Waals surface area contributed by atoms with E-state index in [2.05, 4.69) is 10.8 Å². The molecule has 9 heavy (non-hydrogen) atoms. The van der Waals surface area contributed by atoms with E-state index in [0.717, 1.165) is 5.92 Å². The average Bonchev–Trinajstić information content (AvgIpc) is 2.42. The Bertz CT molecular complexity index is 114. The zero-order chi connectivity index (χ0) is 6.27. The lowest BCUT2D eigenvalue weighted by molar-refractivity contribution is 0.149.